The lowest BCUT2D eigenvalue weighted by Crippen LogP contribution is -2.39. The van der Waals surface area contributed by atoms with Crippen LogP contribution in [-0.4, -0.2) is 40.8 Å². The van der Waals surface area contributed by atoms with E-state index in [1.165, 1.54) is 31.5 Å². The molecule has 2 aromatic carbocycles. The Labute approximate surface area is 181 Å². The molecule has 0 bridgehead atoms. The van der Waals surface area contributed by atoms with Crippen molar-refractivity contribution in [1.29, 1.82) is 0 Å². The van der Waals surface area contributed by atoms with Crippen molar-refractivity contribution in [2.75, 3.05) is 12.4 Å². The van der Waals surface area contributed by atoms with Gasteiger partial charge in [0.1, 0.15) is 0 Å². The Morgan fingerprint density at radius 2 is 1.74 bits per heavy atom. The molecule has 0 aromatic heterocycles. The summed E-state index contributed by atoms with van der Waals surface area (Å²) < 4.78 is 5.53. The van der Waals surface area contributed by atoms with Gasteiger partial charge < -0.3 is 15.0 Å². The van der Waals surface area contributed by atoms with Gasteiger partial charge in [-0.3, -0.25) is 19.7 Å². The van der Waals surface area contributed by atoms with E-state index in [4.69, 9.17) is 4.74 Å². The lowest BCUT2D eigenvalue weighted by molar-refractivity contribution is -0.386. The molecule has 0 aliphatic heterocycles. The van der Waals surface area contributed by atoms with Gasteiger partial charge in [0.05, 0.1) is 16.2 Å². The number of benzene rings is 2. The minimum absolute atomic E-state index is 0.0107. The normalized spacial score (nSPS) is 15.0. The average Bonchev–Trinajstić information content (AvgIpc) is 2.79. The van der Waals surface area contributed by atoms with Gasteiger partial charge in [-0.1, -0.05) is 43.5 Å². The topological polar surface area (TPSA) is 102 Å². The number of hydrogen-bond donors (Lipinski definition) is 1. The van der Waals surface area contributed by atoms with Gasteiger partial charge in [-0.2, -0.15) is 0 Å². The Hall–Kier alpha value is -3.42. The molecular formula is C23H27N3O5. The fourth-order valence-electron chi connectivity index (χ4n) is 3.79. The lowest BCUT2D eigenvalue weighted by Gasteiger charge is -2.31. The monoisotopic (exact) mass is 425 g/mol. The molecule has 8 nitrogen and oxygen atoms in total. The first-order valence-electron chi connectivity index (χ1n) is 10.5. The molecule has 1 aliphatic carbocycles. The second kappa shape index (κ2) is 10.1. The third-order valence-electron chi connectivity index (χ3n) is 5.59. The van der Waals surface area contributed by atoms with E-state index in [-0.39, 0.29) is 23.4 Å². The Kier molecular flexibility index (Phi) is 7.23. The molecule has 2 amide bonds. The molecule has 3 rings (SSSR count). The van der Waals surface area contributed by atoms with Crippen LogP contribution in [0.1, 0.15) is 49.4 Å². The molecule has 1 aliphatic rings. The summed E-state index contributed by atoms with van der Waals surface area (Å²) in [4.78, 5) is 38.2. The Morgan fingerprint density at radius 1 is 1.10 bits per heavy atom. The standard InChI is InChI=1S/C23H27N3O5/c1-16(31-21-15-9-8-14-20(21)26(29)30)22(27)24-19-13-7-6-12-18(19)23(28)25(2)17-10-4-3-5-11-17/h6-9,12-17H,3-5,10-11H2,1-2H3,(H,24,27)/t16-/m0/s1. The quantitative estimate of drug-likeness (QED) is 0.523. The summed E-state index contributed by atoms with van der Waals surface area (Å²) >= 11 is 0. The summed E-state index contributed by atoms with van der Waals surface area (Å²) in [6.45, 7) is 1.50. The summed E-state index contributed by atoms with van der Waals surface area (Å²) in [6.07, 6.45) is 4.39. The van der Waals surface area contributed by atoms with Gasteiger partial charge in [0.2, 0.25) is 0 Å². The van der Waals surface area contributed by atoms with E-state index in [9.17, 15) is 19.7 Å². The van der Waals surface area contributed by atoms with E-state index in [1.807, 2.05) is 0 Å². The Balaban J connectivity index is 1.72. The zero-order valence-electron chi connectivity index (χ0n) is 17.7. The first-order valence-corrected chi connectivity index (χ1v) is 10.5. The fourth-order valence-corrected chi connectivity index (χ4v) is 3.79. The number of hydrogen-bond acceptors (Lipinski definition) is 5. The fraction of sp³-hybridized carbons (Fsp3) is 0.391. The number of carbonyl (C=O) groups is 2. The molecule has 1 atom stereocenters. The maximum absolute atomic E-state index is 13.1. The smallest absolute Gasteiger partial charge is 0.310 e. The van der Waals surface area contributed by atoms with Gasteiger partial charge in [-0.05, 0) is 38.0 Å². The van der Waals surface area contributed by atoms with Crippen molar-refractivity contribution in [3.63, 3.8) is 0 Å². The minimum Gasteiger partial charge on any atom is -0.474 e. The highest BCUT2D eigenvalue weighted by molar-refractivity contribution is 6.04. The van der Waals surface area contributed by atoms with Crippen LogP contribution in [0.5, 0.6) is 5.75 Å². The molecule has 0 saturated heterocycles. The molecule has 31 heavy (non-hydrogen) atoms. The molecule has 1 fully saturated rings. The number of ether oxygens (including phenoxy) is 1. The first-order chi connectivity index (χ1) is 14.9. The maximum atomic E-state index is 13.1. The van der Waals surface area contributed by atoms with Crippen LogP contribution in [0.3, 0.4) is 0 Å². The van der Waals surface area contributed by atoms with Gasteiger partial charge in [0.15, 0.2) is 11.9 Å². The highest BCUT2D eigenvalue weighted by atomic mass is 16.6. The Morgan fingerprint density at radius 3 is 2.45 bits per heavy atom. The number of anilines is 1. The second-order valence-electron chi connectivity index (χ2n) is 7.73. The van der Waals surface area contributed by atoms with Crippen molar-refractivity contribution in [1.82, 2.24) is 4.90 Å². The number of rotatable bonds is 7. The molecular weight excluding hydrogens is 398 g/mol. The van der Waals surface area contributed by atoms with Crippen molar-refractivity contribution in [2.24, 2.45) is 0 Å². The average molecular weight is 425 g/mol. The summed E-state index contributed by atoms with van der Waals surface area (Å²) in [5, 5.41) is 13.9. The number of amides is 2. The lowest BCUT2D eigenvalue weighted by atomic mass is 9.94. The van der Waals surface area contributed by atoms with Crippen LogP contribution < -0.4 is 10.1 Å². The number of carbonyl (C=O) groups excluding carboxylic acids is 2. The van der Waals surface area contributed by atoms with E-state index in [2.05, 4.69) is 5.32 Å². The van der Waals surface area contributed by atoms with E-state index in [0.717, 1.165) is 25.7 Å². The number of para-hydroxylation sites is 3. The van der Waals surface area contributed by atoms with Crippen LogP contribution in [0.25, 0.3) is 0 Å². The predicted molar refractivity (Wildman–Crippen MR) is 117 cm³/mol. The van der Waals surface area contributed by atoms with Crippen molar-refractivity contribution in [3.8, 4) is 5.75 Å². The highest BCUT2D eigenvalue weighted by Crippen LogP contribution is 2.28. The van der Waals surface area contributed by atoms with Gasteiger partial charge in [0.25, 0.3) is 11.8 Å². The second-order valence-corrected chi connectivity index (χ2v) is 7.73. The van der Waals surface area contributed by atoms with Crippen LogP contribution >= 0.6 is 0 Å². The predicted octanol–water partition coefficient (Wildman–Crippen LogP) is 4.41. The van der Waals surface area contributed by atoms with Crippen molar-refractivity contribution in [2.45, 2.75) is 51.2 Å². The zero-order valence-corrected chi connectivity index (χ0v) is 17.7. The van der Waals surface area contributed by atoms with Crippen LogP contribution in [0, 0.1) is 10.1 Å². The molecule has 8 heteroatoms. The van der Waals surface area contributed by atoms with Crippen LogP contribution in [0.2, 0.25) is 0 Å². The molecule has 1 saturated carbocycles. The summed E-state index contributed by atoms with van der Waals surface area (Å²) in [6, 6.07) is 12.9. The van der Waals surface area contributed by atoms with Crippen molar-refractivity contribution in [3.05, 3.63) is 64.2 Å². The number of nitro groups is 1. The third-order valence-corrected chi connectivity index (χ3v) is 5.59. The van der Waals surface area contributed by atoms with Gasteiger partial charge in [-0.25, -0.2) is 0 Å². The molecule has 0 unspecified atom stereocenters. The van der Waals surface area contributed by atoms with E-state index >= 15 is 0 Å². The van der Waals surface area contributed by atoms with Gasteiger partial charge >= 0.3 is 5.69 Å². The van der Waals surface area contributed by atoms with Crippen LogP contribution in [-0.2, 0) is 4.79 Å². The maximum Gasteiger partial charge on any atom is 0.310 e. The first kappa shape index (κ1) is 22.3. The van der Waals surface area contributed by atoms with E-state index < -0.39 is 16.9 Å². The number of nitrogens with one attached hydrogen (secondary N) is 1. The summed E-state index contributed by atoms with van der Waals surface area (Å²) in [5.74, 6) is -0.634. The van der Waals surface area contributed by atoms with E-state index in [1.54, 1.807) is 42.3 Å². The molecule has 0 radical (unpaired) electrons. The SMILES string of the molecule is C[C@H](Oc1ccccc1[N+](=O)[O-])C(=O)Nc1ccccc1C(=O)N(C)C1CCCCC1. The van der Waals surface area contributed by atoms with Crippen LogP contribution in [0.15, 0.2) is 48.5 Å². The zero-order chi connectivity index (χ0) is 22.4. The molecule has 0 heterocycles. The molecule has 164 valence electrons. The van der Waals surface area contributed by atoms with Gasteiger partial charge in [-0.15, -0.1) is 0 Å². The Bertz CT molecular complexity index is 956. The van der Waals surface area contributed by atoms with Crippen molar-refractivity contribution < 1.29 is 19.2 Å². The molecule has 2 aromatic rings. The number of nitro benzene ring substituents is 1. The van der Waals surface area contributed by atoms with E-state index in [0.29, 0.717) is 11.3 Å². The summed E-state index contributed by atoms with van der Waals surface area (Å²) in [7, 11) is 1.80. The number of nitrogens with zero attached hydrogens (tertiary/aromatic N) is 2. The van der Waals surface area contributed by atoms with Crippen molar-refractivity contribution >= 4 is 23.2 Å². The minimum atomic E-state index is -1.000. The molecule has 0 spiro atoms. The highest BCUT2D eigenvalue weighted by Gasteiger charge is 2.26. The molecule has 1 N–H and O–H groups in total. The largest absolute Gasteiger partial charge is 0.474 e. The van der Waals surface area contributed by atoms with Crippen LogP contribution in [0.4, 0.5) is 11.4 Å². The summed E-state index contributed by atoms with van der Waals surface area (Å²) in [5.41, 5.74) is 0.576. The third kappa shape index (κ3) is 5.39. The van der Waals surface area contributed by atoms with Gasteiger partial charge in [0, 0.05) is 19.2 Å².